The van der Waals surface area contributed by atoms with Gasteiger partial charge in [-0.1, -0.05) is 20.8 Å². The SMILES string of the molecule is CCNCCCNC1CC(OCC)C1(C)C. The monoisotopic (exact) mass is 228 g/mol. The molecule has 0 aliphatic heterocycles. The summed E-state index contributed by atoms with van der Waals surface area (Å²) in [6.07, 6.45) is 2.82. The smallest absolute Gasteiger partial charge is 0.0655 e. The van der Waals surface area contributed by atoms with Crippen molar-refractivity contribution in [1.29, 1.82) is 0 Å². The molecule has 0 aromatic carbocycles. The Morgan fingerprint density at radius 1 is 1.25 bits per heavy atom. The van der Waals surface area contributed by atoms with E-state index in [1.807, 2.05) is 0 Å². The van der Waals surface area contributed by atoms with E-state index in [2.05, 4.69) is 38.3 Å². The average Bonchev–Trinajstić information content (AvgIpc) is 2.26. The molecule has 0 spiro atoms. The van der Waals surface area contributed by atoms with Crippen molar-refractivity contribution in [2.45, 2.75) is 52.7 Å². The molecule has 0 radical (unpaired) electrons. The number of nitrogens with one attached hydrogen (secondary N) is 2. The number of hydrogen-bond acceptors (Lipinski definition) is 3. The maximum Gasteiger partial charge on any atom is 0.0655 e. The van der Waals surface area contributed by atoms with E-state index in [-0.39, 0.29) is 0 Å². The Morgan fingerprint density at radius 2 is 2.00 bits per heavy atom. The van der Waals surface area contributed by atoms with Gasteiger partial charge in [-0.3, -0.25) is 0 Å². The second kappa shape index (κ2) is 6.58. The first-order valence-electron chi connectivity index (χ1n) is 6.68. The largest absolute Gasteiger partial charge is 0.378 e. The van der Waals surface area contributed by atoms with Gasteiger partial charge in [0.05, 0.1) is 6.10 Å². The molecule has 2 atom stereocenters. The molecule has 1 saturated carbocycles. The fraction of sp³-hybridized carbons (Fsp3) is 1.00. The van der Waals surface area contributed by atoms with E-state index in [0.717, 1.165) is 26.2 Å². The predicted molar refractivity (Wildman–Crippen MR) is 68.8 cm³/mol. The van der Waals surface area contributed by atoms with Crippen molar-refractivity contribution in [2.75, 3.05) is 26.2 Å². The summed E-state index contributed by atoms with van der Waals surface area (Å²) < 4.78 is 5.72. The quantitative estimate of drug-likeness (QED) is 0.621. The Balaban J connectivity index is 2.11. The van der Waals surface area contributed by atoms with Gasteiger partial charge in [-0.25, -0.2) is 0 Å². The van der Waals surface area contributed by atoms with Crippen molar-refractivity contribution in [1.82, 2.24) is 10.6 Å². The second-order valence-electron chi connectivity index (χ2n) is 5.21. The second-order valence-corrected chi connectivity index (χ2v) is 5.21. The third-order valence-electron chi connectivity index (χ3n) is 3.72. The lowest BCUT2D eigenvalue weighted by atomic mass is 9.64. The van der Waals surface area contributed by atoms with E-state index in [1.165, 1.54) is 12.8 Å². The van der Waals surface area contributed by atoms with Crippen molar-refractivity contribution in [3.05, 3.63) is 0 Å². The van der Waals surface area contributed by atoms with E-state index >= 15 is 0 Å². The van der Waals surface area contributed by atoms with Gasteiger partial charge in [0.15, 0.2) is 0 Å². The van der Waals surface area contributed by atoms with Crippen LogP contribution in [0.5, 0.6) is 0 Å². The average molecular weight is 228 g/mol. The Hall–Kier alpha value is -0.120. The number of ether oxygens (including phenoxy) is 1. The minimum Gasteiger partial charge on any atom is -0.378 e. The minimum absolute atomic E-state index is 0.300. The van der Waals surface area contributed by atoms with Crippen LogP contribution in [0.25, 0.3) is 0 Å². The molecule has 3 nitrogen and oxygen atoms in total. The summed E-state index contributed by atoms with van der Waals surface area (Å²) in [6, 6.07) is 0.630. The van der Waals surface area contributed by atoms with Crippen LogP contribution in [0.1, 0.15) is 40.5 Å². The molecule has 1 rings (SSSR count). The van der Waals surface area contributed by atoms with Crippen molar-refractivity contribution in [3.8, 4) is 0 Å². The van der Waals surface area contributed by atoms with E-state index in [4.69, 9.17) is 4.74 Å². The zero-order valence-electron chi connectivity index (χ0n) is 11.3. The Morgan fingerprint density at radius 3 is 2.56 bits per heavy atom. The molecule has 16 heavy (non-hydrogen) atoms. The third kappa shape index (κ3) is 3.44. The Bertz CT molecular complexity index is 194. The maximum absolute atomic E-state index is 5.72. The normalized spacial score (nSPS) is 27.8. The molecule has 0 saturated heterocycles. The highest BCUT2D eigenvalue weighted by atomic mass is 16.5. The molecule has 2 unspecified atom stereocenters. The van der Waals surface area contributed by atoms with Gasteiger partial charge >= 0.3 is 0 Å². The molecule has 1 aliphatic carbocycles. The third-order valence-corrected chi connectivity index (χ3v) is 3.72. The molecule has 1 aliphatic rings. The lowest BCUT2D eigenvalue weighted by molar-refractivity contribution is -0.113. The van der Waals surface area contributed by atoms with E-state index < -0.39 is 0 Å². The summed E-state index contributed by atoms with van der Waals surface area (Å²) in [5, 5.41) is 6.98. The standard InChI is InChI=1S/C13H28N2O/c1-5-14-8-7-9-15-11-10-12(16-6-2)13(11,3)4/h11-12,14-15H,5-10H2,1-4H3. The van der Waals surface area contributed by atoms with Gasteiger partial charge in [-0.15, -0.1) is 0 Å². The summed E-state index contributed by atoms with van der Waals surface area (Å²) >= 11 is 0. The summed E-state index contributed by atoms with van der Waals surface area (Å²) in [5.41, 5.74) is 0.300. The molecule has 1 fully saturated rings. The highest BCUT2D eigenvalue weighted by molar-refractivity contribution is 5.02. The van der Waals surface area contributed by atoms with Gasteiger partial charge in [0.25, 0.3) is 0 Å². The summed E-state index contributed by atoms with van der Waals surface area (Å²) in [5.74, 6) is 0. The molecule has 0 bridgehead atoms. The van der Waals surface area contributed by atoms with Gasteiger partial charge in [-0.2, -0.15) is 0 Å². The molecule has 0 aromatic rings. The topological polar surface area (TPSA) is 33.3 Å². The van der Waals surface area contributed by atoms with Gasteiger partial charge in [-0.05, 0) is 39.4 Å². The van der Waals surface area contributed by atoms with E-state index in [9.17, 15) is 0 Å². The molecule has 0 heterocycles. The Kier molecular flexibility index (Phi) is 5.73. The fourth-order valence-electron chi connectivity index (χ4n) is 2.38. The molecule has 0 amide bonds. The lowest BCUT2D eigenvalue weighted by Crippen LogP contribution is -2.61. The molecular formula is C13H28N2O. The van der Waals surface area contributed by atoms with Crippen LogP contribution in [0, 0.1) is 5.41 Å². The van der Waals surface area contributed by atoms with Gasteiger partial charge in [0.2, 0.25) is 0 Å². The first-order chi connectivity index (χ1) is 7.62. The van der Waals surface area contributed by atoms with Crippen LogP contribution in [0.3, 0.4) is 0 Å². The molecular weight excluding hydrogens is 200 g/mol. The molecule has 3 heteroatoms. The van der Waals surface area contributed by atoms with Crippen LogP contribution < -0.4 is 10.6 Å². The first kappa shape index (κ1) is 13.9. The van der Waals surface area contributed by atoms with Crippen molar-refractivity contribution < 1.29 is 4.74 Å². The highest BCUT2D eigenvalue weighted by Gasteiger charge is 2.48. The summed E-state index contributed by atoms with van der Waals surface area (Å²) in [6.45, 7) is 13.0. The Labute approximate surface area is 100 Å². The maximum atomic E-state index is 5.72. The molecule has 0 aromatic heterocycles. The zero-order valence-corrected chi connectivity index (χ0v) is 11.3. The van der Waals surface area contributed by atoms with Gasteiger partial charge in [0.1, 0.15) is 0 Å². The van der Waals surface area contributed by atoms with Crippen LogP contribution in [-0.4, -0.2) is 38.4 Å². The van der Waals surface area contributed by atoms with Crippen LogP contribution in [-0.2, 0) is 4.74 Å². The zero-order chi connectivity index (χ0) is 12.0. The summed E-state index contributed by atoms with van der Waals surface area (Å²) in [4.78, 5) is 0. The van der Waals surface area contributed by atoms with Crippen LogP contribution >= 0.6 is 0 Å². The van der Waals surface area contributed by atoms with Crippen molar-refractivity contribution >= 4 is 0 Å². The number of hydrogen-bond donors (Lipinski definition) is 2. The summed E-state index contributed by atoms with van der Waals surface area (Å²) in [7, 11) is 0. The van der Waals surface area contributed by atoms with Crippen LogP contribution in [0.4, 0.5) is 0 Å². The lowest BCUT2D eigenvalue weighted by Gasteiger charge is -2.52. The minimum atomic E-state index is 0.300. The predicted octanol–water partition coefficient (Wildman–Crippen LogP) is 1.78. The molecule has 2 N–H and O–H groups in total. The number of rotatable bonds is 8. The van der Waals surface area contributed by atoms with Gasteiger partial charge in [0, 0.05) is 18.1 Å². The highest BCUT2D eigenvalue weighted by Crippen LogP contribution is 2.42. The fourth-order valence-corrected chi connectivity index (χ4v) is 2.38. The molecule has 96 valence electrons. The van der Waals surface area contributed by atoms with Crippen molar-refractivity contribution in [3.63, 3.8) is 0 Å². The van der Waals surface area contributed by atoms with E-state index in [0.29, 0.717) is 17.6 Å². The van der Waals surface area contributed by atoms with Crippen LogP contribution in [0.15, 0.2) is 0 Å². The van der Waals surface area contributed by atoms with Gasteiger partial charge < -0.3 is 15.4 Å². The van der Waals surface area contributed by atoms with Crippen molar-refractivity contribution in [2.24, 2.45) is 5.41 Å². The van der Waals surface area contributed by atoms with Crippen LogP contribution in [0.2, 0.25) is 0 Å². The first-order valence-corrected chi connectivity index (χ1v) is 6.68. The van der Waals surface area contributed by atoms with E-state index in [1.54, 1.807) is 0 Å².